The molecule has 2 aromatic rings. The molecule has 0 amide bonds. The molecule has 17 heavy (non-hydrogen) atoms. The van der Waals surface area contributed by atoms with Crippen molar-refractivity contribution in [1.29, 1.82) is 0 Å². The zero-order valence-corrected chi connectivity index (χ0v) is 10.7. The Hall–Kier alpha value is -1.23. The highest BCUT2D eigenvalue weighted by Crippen LogP contribution is 2.36. The van der Waals surface area contributed by atoms with Gasteiger partial charge in [-0.25, -0.2) is 9.97 Å². The number of alkyl halides is 1. The van der Waals surface area contributed by atoms with Crippen LogP contribution in [0.1, 0.15) is 10.4 Å². The van der Waals surface area contributed by atoms with Crippen LogP contribution in [0.2, 0.25) is 0 Å². The lowest BCUT2D eigenvalue weighted by Crippen LogP contribution is -2.48. The molecule has 0 unspecified atom stereocenters. The summed E-state index contributed by atoms with van der Waals surface area (Å²) in [6.45, 7) is 5.53. The molecule has 3 nitrogen and oxygen atoms in total. The predicted molar refractivity (Wildman–Crippen MR) is 68.6 cm³/mol. The molecule has 1 aliphatic rings. The number of nitrogens with zero attached hydrogens (tertiary/aromatic N) is 3. The summed E-state index contributed by atoms with van der Waals surface area (Å²) in [6.07, 6.45) is 1.61. The third kappa shape index (κ3) is 1.60. The fraction of sp³-hybridized carbons (Fsp3) is 0.500. The molecule has 2 aromatic heterocycles. The van der Waals surface area contributed by atoms with Crippen LogP contribution in [0.25, 0.3) is 10.2 Å². The van der Waals surface area contributed by atoms with Gasteiger partial charge < -0.3 is 4.90 Å². The van der Waals surface area contributed by atoms with Crippen LogP contribution in [0.5, 0.6) is 0 Å². The summed E-state index contributed by atoms with van der Waals surface area (Å²) in [5, 5.41) is 1.15. The predicted octanol–water partition coefficient (Wildman–Crippen LogP) is 2.71. The number of aryl methyl sites for hydroxylation is 2. The molecule has 1 fully saturated rings. The molecule has 0 aromatic carbocycles. The minimum Gasteiger partial charge on any atom is -0.355 e. The number of hydrogen-bond donors (Lipinski definition) is 0. The van der Waals surface area contributed by atoms with E-state index in [2.05, 4.69) is 28.7 Å². The van der Waals surface area contributed by atoms with Crippen molar-refractivity contribution in [2.24, 2.45) is 5.92 Å². The van der Waals surface area contributed by atoms with E-state index in [1.807, 2.05) is 0 Å². The Morgan fingerprint density at radius 2 is 2.18 bits per heavy atom. The van der Waals surface area contributed by atoms with Gasteiger partial charge in [-0.15, -0.1) is 11.3 Å². The van der Waals surface area contributed by atoms with E-state index in [1.54, 1.807) is 17.7 Å². The highest BCUT2D eigenvalue weighted by atomic mass is 32.1. The maximum absolute atomic E-state index is 12.5. The van der Waals surface area contributed by atoms with Crippen LogP contribution < -0.4 is 4.90 Å². The molecule has 0 aliphatic carbocycles. The van der Waals surface area contributed by atoms with Crippen LogP contribution >= 0.6 is 11.3 Å². The fourth-order valence-electron chi connectivity index (χ4n) is 2.24. The van der Waals surface area contributed by atoms with Crippen LogP contribution in [0.3, 0.4) is 0 Å². The summed E-state index contributed by atoms with van der Waals surface area (Å²) in [7, 11) is 0. The van der Waals surface area contributed by atoms with Crippen molar-refractivity contribution >= 4 is 27.4 Å². The van der Waals surface area contributed by atoms with Gasteiger partial charge in [0, 0.05) is 23.9 Å². The normalized spacial score (nSPS) is 16.5. The topological polar surface area (TPSA) is 29.0 Å². The van der Waals surface area contributed by atoms with Gasteiger partial charge in [-0.3, -0.25) is 4.39 Å². The van der Waals surface area contributed by atoms with Crippen LogP contribution in [-0.4, -0.2) is 29.7 Å². The molecule has 90 valence electrons. The van der Waals surface area contributed by atoms with E-state index >= 15 is 0 Å². The molecule has 1 saturated heterocycles. The highest BCUT2D eigenvalue weighted by Gasteiger charge is 2.29. The van der Waals surface area contributed by atoms with Crippen LogP contribution in [-0.2, 0) is 0 Å². The van der Waals surface area contributed by atoms with Gasteiger partial charge in [-0.2, -0.15) is 0 Å². The molecule has 5 heteroatoms. The van der Waals surface area contributed by atoms with Crippen molar-refractivity contribution in [1.82, 2.24) is 9.97 Å². The Balaban J connectivity index is 2.05. The minimum absolute atomic E-state index is 0.181. The molecular weight excluding hydrogens is 237 g/mol. The van der Waals surface area contributed by atoms with Gasteiger partial charge >= 0.3 is 0 Å². The number of anilines is 1. The second-order valence-corrected chi connectivity index (χ2v) is 5.79. The van der Waals surface area contributed by atoms with E-state index in [1.165, 1.54) is 10.4 Å². The zero-order valence-electron chi connectivity index (χ0n) is 9.90. The van der Waals surface area contributed by atoms with E-state index in [0.29, 0.717) is 0 Å². The first-order chi connectivity index (χ1) is 8.20. The number of thiophene rings is 1. The van der Waals surface area contributed by atoms with Crippen molar-refractivity contribution < 1.29 is 4.39 Å². The Labute approximate surface area is 103 Å². The third-order valence-corrected chi connectivity index (χ3v) is 4.54. The highest BCUT2D eigenvalue weighted by molar-refractivity contribution is 7.18. The van der Waals surface area contributed by atoms with Crippen molar-refractivity contribution in [2.75, 3.05) is 24.7 Å². The molecule has 0 atom stereocenters. The van der Waals surface area contributed by atoms with E-state index in [-0.39, 0.29) is 12.6 Å². The number of aromatic nitrogens is 2. The van der Waals surface area contributed by atoms with Crippen LogP contribution in [0, 0.1) is 19.8 Å². The maximum Gasteiger partial charge on any atom is 0.141 e. The second-order valence-electron chi connectivity index (χ2n) is 4.59. The van der Waals surface area contributed by atoms with Gasteiger partial charge in [0.1, 0.15) is 17.0 Å². The Bertz CT molecular complexity index is 560. The summed E-state index contributed by atoms with van der Waals surface area (Å²) in [6, 6.07) is 0. The van der Waals surface area contributed by atoms with Gasteiger partial charge in [0.2, 0.25) is 0 Å². The van der Waals surface area contributed by atoms with Crippen LogP contribution in [0.15, 0.2) is 6.33 Å². The van der Waals surface area contributed by atoms with E-state index in [0.717, 1.165) is 29.1 Å². The quantitative estimate of drug-likeness (QED) is 0.821. The Morgan fingerprint density at radius 3 is 2.88 bits per heavy atom. The standard InChI is InChI=1S/C12H14FN3S/c1-7-8(2)17-12-10(7)11(14-6-15-12)16-4-9(3-13)5-16/h6,9H,3-5H2,1-2H3. The van der Waals surface area contributed by atoms with E-state index in [9.17, 15) is 4.39 Å². The Morgan fingerprint density at radius 1 is 1.41 bits per heavy atom. The first kappa shape index (κ1) is 10.9. The Kier molecular flexibility index (Phi) is 2.50. The molecule has 3 rings (SSSR count). The van der Waals surface area contributed by atoms with Gasteiger partial charge in [0.05, 0.1) is 12.1 Å². The lowest BCUT2D eigenvalue weighted by atomic mass is 10.0. The van der Waals surface area contributed by atoms with Gasteiger partial charge in [0.25, 0.3) is 0 Å². The summed E-state index contributed by atoms with van der Waals surface area (Å²) in [5.41, 5.74) is 1.25. The summed E-state index contributed by atoms with van der Waals surface area (Å²) in [4.78, 5) is 13.1. The number of hydrogen-bond acceptors (Lipinski definition) is 4. The SMILES string of the molecule is Cc1sc2ncnc(N3CC(CF)C3)c2c1C. The first-order valence-electron chi connectivity index (χ1n) is 5.72. The molecular formula is C12H14FN3S. The smallest absolute Gasteiger partial charge is 0.141 e. The lowest BCUT2D eigenvalue weighted by Gasteiger charge is -2.39. The van der Waals surface area contributed by atoms with Gasteiger partial charge in [-0.05, 0) is 19.4 Å². The number of fused-ring (bicyclic) bond motifs is 1. The number of halogens is 1. The zero-order chi connectivity index (χ0) is 12.0. The molecule has 0 radical (unpaired) electrons. The second kappa shape index (κ2) is 3.91. The van der Waals surface area contributed by atoms with Crippen molar-refractivity contribution in [3.8, 4) is 0 Å². The molecule has 1 aliphatic heterocycles. The van der Waals surface area contributed by atoms with Crippen molar-refractivity contribution in [3.05, 3.63) is 16.8 Å². The molecule has 0 N–H and O–H groups in total. The molecule has 0 saturated carbocycles. The monoisotopic (exact) mass is 251 g/mol. The molecule has 0 bridgehead atoms. The van der Waals surface area contributed by atoms with Crippen molar-refractivity contribution in [2.45, 2.75) is 13.8 Å². The van der Waals surface area contributed by atoms with Crippen LogP contribution in [0.4, 0.5) is 10.2 Å². The fourth-order valence-corrected chi connectivity index (χ4v) is 3.24. The van der Waals surface area contributed by atoms with Gasteiger partial charge in [-0.1, -0.05) is 0 Å². The van der Waals surface area contributed by atoms with Crippen molar-refractivity contribution in [3.63, 3.8) is 0 Å². The number of rotatable bonds is 2. The van der Waals surface area contributed by atoms with E-state index < -0.39 is 0 Å². The largest absolute Gasteiger partial charge is 0.355 e. The first-order valence-corrected chi connectivity index (χ1v) is 6.54. The summed E-state index contributed by atoms with van der Waals surface area (Å²) >= 11 is 1.70. The molecule has 0 spiro atoms. The maximum atomic E-state index is 12.5. The van der Waals surface area contributed by atoms with Gasteiger partial charge in [0.15, 0.2) is 0 Å². The summed E-state index contributed by atoms with van der Waals surface area (Å²) < 4.78 is 12.5. The lowest BCUT2D eigenvalue weighted by molar-refractivity contribution is 0.305. The third-order valence-electron chi connectivity index (χ3n) is 3.42. The average molecular weight is 251 g/mol. The average Bonchev–Trinajstić information content (AvgIpc) is 2.54. The minimum atomic E-state index is -0.230. The molecule has 3 heterocycles. The summed E-state index contributed by atoms with van der Waals surface area (Å²) in [5.74, 6) is 1.15. The van der Waals surface area contributed by atoms with E-state index in [4.69, 9.17) is 0 Å².